The first kappa shape index (κ1) is 9.25. The number of anilines is 1. The van der Waals surface area contributed by atoms with Crippen molar-refractivity contribution in [2.24, 2.45) is 5.92 Å². The summed E-state index contributed by atoms with van der Waals surface area (Å²) in [5.41, 5.74) is 2.71. The van der Waals surface area contributed by atoms with Crippen molar-refractivity contribution in [1.82, 2.24) is 0 Å². The van der Waals surface area contributed by atoms with E-state index in [0.717, 1.165) is 25.8 Å². The summed E-state index contributed by atoms with van der Waals surface area (Å²) in [5.74, 6) is 0.126. The maximum Gasteiger partial charge on any atom is 0.124 e. The number of fused-ring (bicyclic) bond motifs is 1. The number of carbonyl (C=O) groups is 1. The van der Waals surface area contributed by atoms with E-state index in [4.69, 9.17) is 0 Å². The van der Waals surface area contributed by atoms with Crippen molar-refractivity contribution >= 4 is 12.0 Å². The van der Waals surface area contributed by atoms with Crippen LogP contribution in [0.5, 0.6) is 0 Å². The van der Waals surface area contributed by atoms with E-state index in [0.29, 0.717) is 0 Å². The van der Waals surface area contributed by atoms with Crippen LogP contribution in [0.2, 0.25) is 0 Å². The quantitative estimate of drug-likeness (QED) is 0.677. The lowest BCUT2D eigenvalue weighted by Crippen LogP contribution is -2.26. The second-order valence-electron chi connectivity index (χ2n) is 3.94. The normalized spacial score (nSPS) is 16.5. The SMILES string of the molecule is CC(C=O)CN1CCc2ccccc21. The predicted molar refractivity (Wildman–Crippen MR) is 57.6 cm³/mol. The smallest absolute Gasteiger partial charge is 0.124 e. The van der Waals surface area contributed by atoms with E-state index < -0.39 is 0 Å². The Morgan fingerprint density at radius 3 is 3.07 bits per heavy atom. The molecule has 74 valence electrons. The minimum absolute atomic E-state index is 0.126. The first-order valence-corrected chi connectivity index (χ1v) is 5.09. The molecular formula is C12H15NO. The van der Waals surface area contributed by atoms with Crippen LogP contribution >= 0.6 is 0 Å². The van der Waals surface area contributed by atoms with Crippen molar-refractivity contribution in [2.45, 2.75) is 13.3 Å². The predicted octanol–water partition coefficient (Wildman–Crippen LogP) is 1.88. The number of aldehydes is 1. The molecule has 0 amide bonds. The summed E-state index contributed by atoms with van der Waals surface area (Å²) in [6.07, 6.45) is 2.14. The minimum atomic E-state index is 0.126. The van der Waals surface area contributed by atoms with Gasteiger partial charge in [0.05, 0.1) is 0 Å². The van der Waals surface area contributed by atoms with Gasteiger partial charge in [-0.3, -0.25) is 0 Å². The van der Waals surface area contributed by atoms with Crippen LogP contribution in [0.1, 0.15) is 12.5 Å². The summed E-state index contributed by atoms with van der Waals surface area (Å²) in [6.45, 7) is 3.87. The van der Waals surface area contributed by atoms with E-state index in [9.17, 15) is 4.79 Å². The molecular weight excluding hydrogens is 174 g/mol. The zero-order chi connectivity index (χ0) is 9.97. The maximum atomic E-state index is 10.6. The second-order valence-corrected chi connectivity index (χ2v) is 3.94. The van der Waals surface area contributed by atoms with Gasteiger partial charge in [-0.15, -0.1) is 0 Å². The number of benzene rings is 1. The minimum Gasteiger partial charge on any atom is -0.370 e. The van der Waals surface area contributed by atoms with E-state index in [1.807, 2.05) is 6.92 Å². The van der Waals surface area contributed by atoms with Crippen LogP contribution in [0.3, 0.4) is 0 Å². The number of para-hydroxylation sites is 1. The molecule has 0 aromatic heterocycles. The fraction of sp³-hybridized carbons (Fsp3) is 0.417. The summed E-state index contributed by atoms with van der Waals surface area (Å²) >= 11 is 0. The topological polar surface area (TPSA) is 20.3 Å². The molecule has 1 aliphatic rings. The molecule has 0 N–H and O–H groups in total. The van der Waals surface area contributed by atoms with Crippen molar-refractivity contribution in [1.29, 1.82) is 0 Å². The van der Waals surface area contributed by atoms with E-state index in [2.05, 4.69) is 29.2 Å². The van der Waals surface area contributed by atoms with Crippen molar-refractivity contribution in [3.05, 3.63) is 29.8 Å². The highest BCUT2D eigenvalue weighted by Gasteiger charge is 2.19. The third-order valence-electron chi connectivity index (χ3n) is 2.72. The second kappa shape index (κ2) is 3.82. The van der Waals surface area contributed by atoms with E-state index in [1.54, 1.807) is 0 Å². The maximum absolute atomic E-state index is 10.6. The van der Waals surface area contributed by atoms with Crippen molar-refractivity contribution < 1.29 is 4.79 Å². The van der Waals surface area contributed by atoms with Gasteiger partial charge in [-0.2, -0.15) is 0 Å². The summed E-state index contributed by atoms with van der Waals surface area (Å²) in [5, 5.41) is 0. The van der Waals surface area contributed by atoms with Crippen LogP contribution in [0, 0.1) is 5.92 Å². The van der Waals surface area contributed by atoms with E-state index in [1.165, 1.54) is 11.3 Å². The Morgan fingerprint density at radius 2 is 2.29 bits per heavy atom. The molecule has 1 atom stereocenters. The molecule has 2 rings (SSSR count). The van der Waals surface area contributed by atoms with Crippen LogP contribution in [-0.4, -0.2) is 19.4 Å². The molecule has 2 heteroatoms. The van der Waals surface area contributed by atoms with Gasteiger partial charge in [0.1, 0.15) is 6.29 Å². The zero-order valence-corrected chi connectivity index (χ0v) is 8.44. The molecule has 0 saturated heterocycles. The van der Waals surface area contributed by atoms with Gasteiger partial charge < -0.3 is 9.69 Å². The highest BCUT2D eigenvalue weighted by molar-refractivity contribution is 5.60. The summed E-state index contributed by atoms with van der Waals surface area (Å²) in [4.78, 5) is 12.9. The fourth-order valence-electron chi connectivity index (χ4n) is 1.99. The summed E-state index contributed by atoms with van der Waals surface area (Å²) < 4.78 is 0. The zero-order valence-electron chi connectivity index (χ0n) is 8.44. The van der Waals surface area contributed by atoms with Crippen molar-refractivity contribution in [3.8, 4) is 0 Å². The van der Waals surface area contributed by atoms with Gasteiger partial charge in [-0.05, 0) is 18.1 Å². The molecule has 1 aromatic rings. The van der Waals surface area contributed by atoms with E-state index >= 15 is 0 Å². The molecule has 0 fully saturated rings. The van der Waals surface area contributed by atoms with Crippen LogP contribution in [-0.2, 0) is 11.2 Å². The molecule has 0 bridgehead atoms. The van der Waals surface area contributed by atoms with E-state index in [-0.39, 0.29) is 5.92 Å². The van der Waals surface area contributed by atoms with Gasteiger partial charge in [0.2, 0.25) is 0 Å². The fourth-order valence-corrected chi connectivity index (χ4v) is 1.99. The average Bonchev–Trinajstić information content (AvgIpc) is 2.62. The standard InChI is InChI=1S/C12H15NO/c1-10(9-14)8-13-7-6-11-4-2-3-5-12(11)13/h2-5,9-10H,6-8H2,1H3. The Morgan fingerprint density at radius 1 is 1.50 bits per heavy atom. The van der Waals surface area contributed by atoms with Gasteiger partial charge in [0, 0.05) is 24.7 Å². The number of carbonyl (C=O) groups excluding carboxylic acids is 1. The molecule has 1 aromatic carbocycles. The lowest BCUT2D eigenvalue weighted by atomic mass is 10.1. The van der Waals surface area contributed by atoms with Crippen LogP contribution < -0.4 is 4.90 Å². The van der Waals surface area contributed by atoms with Gasteiger partial charge in [0.25, 0.3) is 0 Å². The summed E-state index contributed by atoms with van der Waals surface area (Å²) in [6, 6.07) is 8.44. The number of hydrogen-bond acceptors (Lipinski definition) is 2. The summed E-state index contributed by atoms with van der Waals surface area (Å²) in [7, 11) is 0. The van der Waals surface area contributed by atoms with Crippen molar-refractivity contribution in [3.63, 3.8) is 0 Å². The van der Waals surface area contributed by atoms with Gasteiger partial charge in [-0.1, -0.05) is 25.1 Å². The van der Waals surface area contributed by atoms with Crippen LogP contribution in [0.15, 0.2) is 24.3 Å². The number of nitrogens with zero attached hydrogens (tertiary/aromatic N) is 1. The molecule has 0 saturated carbocycles. The van der Waals surface area contributed by atoms with Crippen LogP contribution in [0.4, 0.5) is 5.69 Å². The van der Waals surface area contributed by atoms with Gasteiger partial charge >= 0.3 is 0 Å². The lowest BCUT2D eigenvalue weighted by Gasteiger charge is -2.20. The Labute approximate surface area is 84.5 Å². The molecule has 1 heterocycles. The largest absolute Gasteiger partial charge is 0.370 e. The Bertz CT molecular complexity index is 335. The molecule has 1 aliphatic heterocycles. The third-order valence-corrected chi connectivity index (χ3v) is 2.72. The molecule has 2 nitrogen and oxygen atoms in total. The number of hydrogen-bond donors (Lipinski definition) is 0. The molecule has 1 unspecified atom stereocenters. The monoisotopic (exact) mass is 189 g/mol. The first-order chi connectivity index (χ1) is 6.81. The molecule has 0 spiro atoms. The molecule has 0 aliphatic carbocycles. The molecule has 14 heavy (non-hydrogen) atoms. The van der Waals surface area contributed by atoms with Gasteiger partial charge in [-0.25, -0.2) is 0 Å². The number of rotatable bonds is 3. The molecule has 0 radical (unpaired) electrons. The third kappa shape index (κ3) is 1.65. The highest BCUT2D eigenvalue weighted by atomic mass is 16.1. The average molecular weight is 189 g/mol. The van der Waals surface area contributed by atoms with Crippen LogP contribution in [0.25, 0.3) is 0 Å². The Kier molecular flexibility index (Phi) is 2.53. The lowest BCUT2D eigenvalue weighted by molar-refractivity contribution is -0.110. The van der Waals surface area contributed by atoms with Crippen molar-refractivity contribution in [2.75, 3.05) is 18.0 Å². The first-order valence-electron chi connectivity index (χ1n) is 5.09. The van der Waals surface area contributed by atoms with Gasteiger partial charge in [0.15, 0.2) is 0 Å². The highest BCUT2D eigenvalue weighted by Crippen LogP contribution is 2.27. The Hall–Kier alpha value is -1.31. The Balaban J connectivity index is 2.14.